The summed E-state index contributed by atoms with van der Waals surface area (Å²) in [5.41, 5.74) is 0. The first-order valence-corrected chi connectivity index (χ1v) is 9.60. The highest BCUT2D eigenvalue weighted by molar-refractivity contribution is 7.91. The molecule has 1 aromatic carbocycles. The zero-order chi connectivity index (χ0) is 15.0. The average molecular weight is 340 g/mol. The molecular weight excluding hydrogens is 326 g/mol. The van der Waals surface area contributed by atoms with E-state index in [1.165, 1.54) is 18.2 Å². The first kappa shape index (κ1) is 15.6. The van der Waals surface area contributed by atoms with Gasteiger partial charge in [0.2, 0.25) is 10.0 Å². The number of phenols is 1. The van der Waals surface area contributed by atoms with Crippen LogP contribution in [0.25, 0.3) is 0 Å². The van der Waals surface area contributed by atoms with Crippen molar-refractivity contribution in [1.82, 2.24) is 4.72 Å². The molecule has 1 aliphatic heterocycles. The van der Waals surface area contributed by atoms with E-state index in [4.69, 9.17) is 11.6 Å². The lowest BCUT2D eigenvalue weighted by Crippen LogP contribution is -2.43. The Labute approximate surface area is 122 Å². The third-order valence-corrected chi connectivity index (χ3v) is 6.70. The molecule has 0 radical (unpaired) electrons. The van der Waals surface area contributed by atoms with Gasteiger partial charge >= 0.3 is 0 Å². The first-order chi connectivity index (χ1) is 9.21. The van der Waals surface area contributed by atoms with Gasteiger partial charge in [-0.15, -0.1) is 0 Å². The Hall–Kier alpha value is -0.830. The summed E-state index contributed by atoms with van der Waals surface area (Å²) < 4.78 is 49.6. The number of sulfonamides is 1. The number of halogens is 1. The Kier molecular flexibility index (Phi) is 4.29. The Morgan fingerprint density at radius 1 is 1.35 bits per heavy atom. The third kappa shape index (κ3) is 3.43. The van der Waals surface area contributed by atoms with Crippen LogP contribution < -0.4 is 4.72 Å². The Bertz CT molecular complexity index is 714. The quantitative estimate of drug-likeness (QED) is 0.852. The minimum Gasteiger partial charge on any atom is -0.505 e. The fraction of sp³-hybridized carbons (Fsp3) is 0.455. The van der Waals surface area contributed by atoms with Crippen LogP contribution in [0.15, 0.2) is 23.1 Å². The number of benzene rings is 1. The monoisotopic (exact) mass is 339 g/mol. The van der Waals surface area contributed by atoms with Gasteiger partial charge in [-0.1, -0.05) is 17.7 Å². The van der Waals surface area contributed by atoms with Gasteiger partial charge in [-0.25, -0.2) is 21.6 Å². The van der Waals surface area contributed by atoms with Gasteiger partial charge in [0.1, 0.15) is 4.90 Å². The summed E-state index contributed by atoms with van der Waals surface area (Å²) in [6.45, 7) is 0. The molecule has 0 amide bonds. The summed E-state index contributed by atoms with van der Waals surface area (Å²) in [4.78, 5) is -0.354. The van der Waals surface area contributed by atoms with Gasteiger partial charge in [0.05, 0.1) is 16.5 Å². The molecular formula is C11H14ClNO5S2. The van der Waals surface area contributed by atoms with E-state index in [9.17, 15) is 21.9 Å². The molecule has 0 bridgehead atoms. The molecule has 6 nitrogen and oxygen atoms in total. The second kappa shape index (κ2) is 5.51. The van der Waals surface area contributed by atoms with Crippen molar-refractivity contribution in [3.8, 4) is 5.75 Å². The van der Waals surface area contributed by atoms with Gasteiger partial charge < -0.3 is 5.11 Å². The molecule has 1 aliphatic rings. The molecule has 0 unspecified atom stereocenters. The lowest BCUT2D eigenvalue weighted by atomic mass is 10.2. The average Bonchev–Trinajstić information content (AvgIpc) is 2.30. The lowest BCUT2D eigenvalue weighted by Gasteiger charge is -2.23. The second-order valence-electron chi connectivity index (χ2n) is 4.66. The van der Waals surface area contributed by atoms with Crippen LogP contribution in [0, 0.1) is 0 Å². The zero-order valence-corrected chi connectivity index (χ0v) is 12.8. The summed E-state index contributed by atoms with van der Waals surface area (Å²) in [6, 6.07) is 3.29. The van der Waals surface area contributed by atoms with Crippen LogP contribution in [0.3, 0.4) is 0 Å². The molecule has 2 N–H and O–H groups in total. The molecule has 1 heterocycles. The number of sulfone groups is 1. The van der Waals surface area contributed by atoms with Crippen molar-refractivity contribution < 1.29 is 21.9 Å². The smallest absolute Gasteiger partial charge is 0.244 e. The van der Waals surface area contributed by atoms with Crippen molar-refractivity contribution in [2.75, 3.05) is 11.5 Å². The maximum atomic E-state index is 12.2. The van der Waals surface area contributed by atoms with Gasteiger partial charge in [-0.3, -0.25) is 0 Å². The van der Waals surface area contributed by atoms with E-state index in [0.29, 0.717) is 12.8 Å². The van der Waals surface area contributed by atoms with Crippen LogP contribution >= 0.6 is 11.6 Å². The Balaban J connectivity index is 2.26. The van der Waals surface area contributed by atoms with Crippen LogP contribution in [0.4, 0.5) is 0 Å². The molecule has 0 saturated carbocycles. The molecule has 1 saturated heterocycles. The number of rotatable bonds is 3. The molecule has 0 spiro atoms. The number of hydrogen-bond acceptors (Lipinski definition) is 5. The molecule has 0 aromatic heterocycles. The van der Waals surface area contributed by atoms with Gasteiger partial charge in [0.15, 0.2) is 15.6 Å². The van der Waals surface area contributed by atoms with Crippen LogP contribution in [-0.2, 0) is 19.9 Å². The summed E-state index contributed by atoms with van der Waals surface area (Å²) in [5.74, 6) is -0.693. The minimum atomic E-state index is -4.01. The van der Waals surface area contributed by atoms with Crippen molar-refractivity contribution in [3.05, 3.63) is 23.2 Å². The van der Waals surface area contributed by atoms with Crippen LogP contribution in [-0.4, -0.2) is 39.5 Å². The number of nitrogens with one attached hydrogen (secondary N) is 1. The topological polar surface area (TPSA) is 101 Å². The summed E-state index contributed by atoms with van der Waals surface area (Å²) in [5, 5.41) is 9.62. The van der Waals surface area contributed by atoms with E-state index >= 15 is 0 Å². The highest BCUT2D eigenvalue weighted by atomic mass is 35.5. The number of para-hydroxylation sites is 1. The third-order valence-electron chi connectivity index (χ3n) is 3.02. The predicted molar refractivity (Wildman–Crippen MR) is 75.1 cm³/mol. The summed E-state index contributed by atoms with van der Waals surface area (Å²) in [7, 11) is -7.23. The number of aromatic hydroxyl groups is 1. The van der Waals surface area contributed by atoms with Crippen molar-refractivity contribution in [2.24, 2.45) is 0 Å². The molecule has 9 heteroatoms. The lowest BCUT2D eigenvalue weighted by molar-refractivity contribution is 0.456. The second-order valence-corrected chi connectivity index (χ2v) is 8.98. The first-order valence-electron chi connectivity index (χ1n) is 5.91. The van der Waals surface area contributed by atoms with E-state index in [-0.39, 0.29) is 21.4 Å². The normalized spacial score (nSPS) is 22.6. The van der Waals surface area contributed by atoms with E-state index in [1.807, 2.05) is 0 Å². The van der Waals surface area contributed by atoms with Crippen LogP contribution in [0.2, 0.25) is 5.02 Å². The standard InChI is InChI=1S/C11H14ClNO5S2/c12-9-4-1-5-10(11(9)14)20(17,18)13-8-3-2-6-19(15,16)7-8/h1,4-5,8,13-14H,2-3,6-7H2/t8-/m0/s1. The molecule has 20 heavy (non-hydrogen) atoms. The van der Waals surface area contributed by atoms with Crippen LogP contribution in [0.5, 0.6) is 5.75 Å². The molecule has 2 rings (SSSR count). The fourth-order valence-electron chi connectivity index (χ4n) is 2.11. The number of phenolic OH excluding ortho intramolecular Hbond substituents is 1. The van der Waals surface area contributed by atoms with Crippen LogP contribution in [0.1, 0.15) is 12.8 Å². The van der Waals surface area contributed by atoms with Crippen molar-refractivity contribution in [2.45, 2.75) is 23.8 Å². The van der Waals surface area contributed by atoms with Gasteiger partial charge in [0.25, 0.3) is 0 Å². The molecule has 1 aromatic rings. The predicted octanol–water partition coefficient (Wildman–Crippen LogP) is 0.901. The fourth-order valence-corrected chi connectivity index (χ4v) is 5.47. The van der Waals surface area contributed by atoms with Gasteiger partial charge in [-0.2, -0.15) is 0 Å². The van der Waals surface area contributed by atoms with Gasteiger partial charge in [0, 0.05) is 6.04 Å². The maximum absolute atomic E-state index is 12.2. The molecule has 112 valence electrons. The molecule has 1 atom stereocenters. The number of hydrogen-bond donors (Lipinski definition) is 2. The highest BCUT2D eigenvalue weighted by Crippen LogP contribution is 2.30. The largest absolute Gasteiger partial charge is 0.505 e. The van der Waals surface area contributed by atoms with Crippen molar-refractivity contribution in [3.63, 3.8) is 0 Å². The van der Waals surface area contributed by atoms with Crippen molar-refractivity contribution >= 4 is 31.5 Å². The van der Waals surface area contributed by atoms with E-state index < -0.39 is 31.7 Å². The SMILES string of the molecule is O=S1(=O)CCC[C@H](NS(=O)(=O)c2cccc(Cl)c2O)C1. The summed E-state index contributed by atoms with van der Waals surface area (Å²) >= 11 is 5.67. The molecule has 1 fully saturated rings. The van der Waals surface area contributed by atoms with E-state index in [2.05, 4.69) is 4.72 Å². The minimum absolute atomic E-state index is 0.0770. The maximum Gasteiger partial charge on any atom is 0.244 e. The Morgan fingerprint density at radius 2 is 2.05 bits per heavy atom. The van der Waals surface area contributed by atoms with E-state index in [1.54, 1.807) is 0 Å². The summed E-state index contributed by atoms with van der Waals surface area (Å²) in [6.07, 6.45) is 0.858. The zero-order valence-electron chi connectivity index (χ0n) is 10.4. The van der Waals surface area contributed by atoms with Gasteiger partial charge in [-0.05, 0) is 25.0 Å². The van der Waals surface area contributed by atoms with E-state index in [0.717, 1.165) is 0 Å². The highest BCUT2D eigenvalue weighted by Gasteiger charge is 2.30. The van der Waals surface area contributed by atoms with Crippen molar-refractivity contribution in [1.29, 1.82) is 0 Å². The molecule has 0 aliphatic carbocycles. The Morgan fingerprint density at radius 3 is 2.70 bits per heavy atom.